The molecule has 2 heterocycles. The summed E-state index contributed by atoms with van der Waals surface area (Å²) in [6, 6.07) is 15.4. The lowest BCUT2D eigenvalue weighted by atomic mass is 9.94. The quantitative estimate of drug-likeness (QED) is 0.278. The minimum Gasteiger partial charge on any atom is -0.507 e. The van der Waals surface area contributed by atoms with Gasteiger partial charge in [-0.2, -0.15) is 0 Å². The van der Waals surface area contributed by atoms with Crippen LogP contribution >= 0.6 is 0 Å². The van der Waals surface area contributed by atoms with E-state index in [1.54, 1.807) is 36.5 Å². The normalized spacial score (nSPS) is 17.3. The molecule has 35 heavy (non-hydrogen) atoms. The third-order valence-electron chi connectivity index (χ3n) is 6.39. The van der Waals surface area contributed by atoms with Crippen LogP contribution in [0.25, 0.3) is 5.76 Å². The molecule has 3 aromatic rings. The second-order valence-electron chi connectivity index (χ2n) is 9.03. The van der Waals surface area contributed by atoms with Gasteiger partial charge in [0.15, 0.2) is 0 Å². The fourth-order valence-corrected chi connectivity index (χ4v) is 4.38. The number of ether oxygens (including phenoxy) is 1. The molecule has 1 aliphatic rings. The van der Waals surface area contributed by atoms with Gasteiger partial charge in [0.2, 0.25) is 0 Å². The van der Waals surface area contributed by atoms with Crippen LogP contribution in [0.4, 0.5) is 5.69 Å². The van der Waals surface area contributed by atoms with Crippen LogP contribution in [0.1, 0.15) is 60.7 Å². The smallest absolute Gasteiger partial charge is 0.300 e. The van der Waals surface area contributed by atoms with E-state index in [0.717, 1.165) is 22.4 Å². The average molecular weight is 471 g/mol. The van der Waals surface area contributed by atoms with E-state index in [4.69, 9.17) is 4.74 Å². The van der Waals surface area contributed by atoms with Crippen LogP contribution in [0.3, 0.4) is 0 Å². The second kappa shape index (κ2) is 9.74. The molecule has 1 saturated heterocycles. The third kappa shape index (κ3) is 4.44. The monoisotopic (exact) mass is 470 g/mol. The Morgan fingerprint density at radius 1 is 1.06 bits per heavy atom. The van der Waals surface area contributed by atoms with Crippen LogP contribution < -0.4 is 9.64 Å². The van der Waals surface area contributed by atoms with E-state index in [9.17, 15) is 14.7 Å². The summed E-state index contributed by atoms with van der Waals surface area (Å²) in [5.41, 5.74) is 4.55. The van der Waals surface area contributed by atoms with Crippen LogP contribution in [-0.2, 0) is 9.59 Å². The van der Waals surface area contributed by atoms with E-state index in [1.807, 2.05) is 58.9 Å². The summed E-state index contributed by atoms with van der Waals surface area (Å²) in [7, 11) is 0. The van der Waals surface area contributed by atoms with Gasteiger partial charge in [0.05, 0.1) is 17.9 Å². The lowest BCUT2D eigenvalue weighted by Gasteiger charge is -2.25. The topological polar surface area (TPSA) is 79.7 Å². The molecule has 0 saturated carbocycles. The first-order valence-corrected chi connectivity index (χ1v) is 11.8. The molecule has 0 bridgehead atoms. The maximum atomic E-state index is 13.4. The van der Waals surface area contributed by atoms with Crippen molar-refractivity contribution in [1.29, 1.82) is 0 Å². The predicted octanol–water partition coefficient (Wildman–Crippen LogP) is 5.85. The van der Waals surface area contributed by atoms with E-state index in [1.165, 1.54) is 4.90 Å². The highest BCUT2D eigenvalue weighted by atomic mass is 16.5. The molecule has 1 atom stereocenters. The lowest BCUT2D eigenvalue weighted by Crippen LogP contribution is -2.29. The van der Waals surface area contributed by atoms with Gasteiger partial charge in [0.25, 0.3) is 11.7 Å². The molecule has 6 nitrogen and oxygen atoms in total. The number of anilines is 1. The van der Waals surface area contributed by atoms with Crippen molar-refractivity contribution < 1.29 is 19.4 Å². The number of aliphatic hydroxyl groups is 1. The predicted molar refractivity (Wildman–Crippen MR) is 137 cm³/mol. The third-order valence-corrected chi connectivity index (χ3v) is 6.39. The van der Waals surface area contributed by atoms with Gasteiger partial charge in [-0.25, -0.2) is 0 Å². The molecule has 0 radical (unpaired) electrons. The van der Waals surface area contributed by atoms with Crippen LogP contribution in [-0.4, -0.2) is 28.4 Å². The Bertz CT molecular complexity index is 1310. The number of carbonyl (C=O) groups excluding carboxylic acids is 2. The highest BCUT2D eigenvalue weighted by Crippen LogP contribution is 2.42. The molecule has 1 N–H and O–H groups in total. The van der Waals surface area contributed by atoms with Gasteiger partial charge < -0.3 is 9.84 Å². The molecular formula is C29H30N2O4. The Hall–Kier alpha value is -3.93. The fraction of sp³-hybridized carbons (Fsp3) is 0.276. The van der Waals surface area contributed by atoms with Crippen molar-refractivity contribution in [1.82, 2.24) is 4.98 Å². The van der Waals surface area contributed by atoms with Crippen molar-refractivity contribution in [3.8, 4) is 5.75 Å². The molecule has 0 spiro atoms. The van der Waals surface area contributed by atoms with Crippen LogP contribution in [0.15, 0.2) is 66.4 Å². The van der Waals surface area contributed by atoms with Gasteiger partial charge in [0, 0.05) is 17.4 Å². The van der Waals surface area contributed by atoms with E-state index < -0.39 is 17.7 Å². The zero-order chi connectivity index (χ0) is 25.3. The van der Waals surface area contributed by atoms with Gasteiger partial charge in [-0.1, -0.05) is 26.0 Å². The minimum atomic E-state index is -0.854. The maximum Gasteiger partial charge on any atom is 0.300 e. The molecule has 6 heteroatoms. The molecule has 180 valence electrons. The number of rotatable bonds is 6. The molecular weight excluding hydrogens is 440 g/mol. The second-order valence-corrected chi connectivity index (χ2v) is 9.03. The number of hydrogen-bond donors (Lipinski definition) is 1. The first-order chi connectivity index (χ1) is 16.7. The largest absolute Gasteiger partial charge is 0.507 e. The number of hydrogen-bond acceptors (Lipinski definition) is 5. The molecule has 1 fully saturated rings. The zero-order valence-electron chi connectivity index (χ0n) is 20.7. The summed E-state index contributed by atoms with van der Waals surface area (Å²) in [5, 5.41) is 11.4. The summed E-state index contributed by atoms with van der Waals surface area (Å²) < 4.78 is 5.75. The number of pyridine rings is 1. The number of nitrogens with zero attached hydrogens (tertiary/aromatic N) is 2. The number of ketones is 1. The number of Topliss-reactive ketones (excluding diaryl/α,β-unsaturated/α-hetero) is 1. The van der Waals surface area contributed by atoms with E-state index >= 15 is 0 Å². The van der Waals surface area contributed by atoms with E-state index in [2.05, 4.69) is 4.98 Å². The molecule has 1 amide bonds. The van der Waals surface area contributed by atoms with Crippen molar-refractivity contribution in [2.75, 3.05) is 11.5 Å². The van der Waals surface area contributed by atoms with E-state index in [0.29, 0.717) is 23.6 Å². The minimum absolute atomic E-state index is 0.0193. The van der Waals surface area contributed by atoms with Crippen molar-refractivity contribution in [2.45, 2.75) is 46.6 Å². The number of benzene rings is 2. The number of aliphatic hydroxyl groups excluding tert-OH is 1. The Balaban J connectivity index is 1.92. The maximum absolute atomic E-state index is 13.4. The average Bonchev–Trinajstić information content (AvgIpc) is 3.11. The van der Waals surface area contributed by atoms with Crippen molar-refractivity contribution in [3.63, 3.8) is 0 Å². The van der Waals surface area contributed by atoms with Gasteiger partial charge in [-0.05, 0) is 85.8 Å². The van der Waals surface area contributed by atoms with Gasteiger partial charge in [0.1, 0.15) is 17.6 Å². The summed E-state index contributed by atoms with van der Waals surface area (Å²) in [6.07, 6.45) is 1.61. The number of amides is 1. The van der Waals surface area contributed by atoms with E-state index in [-0.39, 0.29) is 17.3 Å². The summed E-state index contributed by atoms with van der Waals surface area (Å²) in [6.45, 7) is 10.5. The number of carbonyl (C=O) groups is 2. The molecule has 1 unspecified atom stereocenters. The molecule has 4 rings (SSSR count). The van der Waals surface area contributed by atoms with Gasteiger partial charge in [-0.15, -0.1) is 0 Å². The van der Waals surface area contributed by atoms with Gasteiger partial charge >= 0.3 is 0 Å². The van der Waals surface area contributed by atoms with Crippen molar-refractivity contribution in [3.05, 3.63) is 94.3 Å². The molecule has 1 aliphatic heterocycles. The number of aryl methyl sites for hydroxylation is 2. The first kappa shape index (κ1) is 24.2. The SMILES string of the molecule is CCOc1ccc(/C(O)=C2/C(=O)C(=O)N(c3ccc(C)c(C)c3)C2c2ccccn2)cc1C(C)C. The highest BCUT2D eigenvalue weighted by molar-refractivity contribution is 6.51. The van der Waals surface area contributed by atoms with Crippen LogP contribution in [0.2, 0.25) is 0 Å². The summed E-state index contributed by atoms with van der Waals surface area (Å²) in [5.74, 6) is -0.795. The Kier molecular flexibility index (Phi) is 6.74. The summed E-state index contributed by atoms with van der Waals surface area (Å²) in [4.78, 5) is 32.6. The molecule has 0 aliphatic carbocycles. The van der Waals surface area contributed by atoms with Crippen LogP contribution in [0, 0.1) is 13.8 Å². The van der Waals surface area contributed by atoms with Crippen molar-refractivity contribution in [2.24, 2.45) is 0 Å². The molecule has 2 aromatic carbocycles. The first-order valence-electron chi connectivity index (χ1n) is 11.8. The Labute approximate surface area is 205 Å². The van der Waals surface area contributed by atoms with Gasteiger partial charge in [-0.3, -0.25) is 19.5 Å². The fourth-order valence-electron chi connectivity index (χ4n) is 4.38. The number of aromatic nitrogens is 1. The zero-order valence-corrected chi connectivity index (χ0v) is 20.7. The van der Waals surface area contributed by atoms with Crippen LogP contribution in [0.5, 0.6) is 5.75 Å². The van der Waals surface area contributed by atoms with Crippen molar-refractivity contribution >= 4 is 23.1 Å². The molecule has 1 aromatic heterocycles. The Morgan fingerprint density at radius 2 is 1.83 bits per heavy atom. The standard InChI is InChI=1S/C29H30N2O4/c1-6-35-24-13-11-20(16-22(24)17(2)3)27(32)25-26(23-9-7-8-14-30-23)31(29(34)28(25)33)21-12-10-18(4)19(5)15-21/h7-17,26,32H,6H2,1-5H3/b27-25-. The Morgan fingerprint density at radius 3 is 2.46 bits per heavy atom. The summed E-state index contributed by atoms with van der Waals surface area (Å²) >= 11 is 0. The highest BCUT2D eigenvalue weighted by Gasteiger charge is 2.47. The lowest BCUT2D eigenvalue weighted by molar-refractivity contribution is -0.132.